The summed E-state index contributed by atoms with van der Waals surface area (Å²) in [5, 5.41) is 0.256. The molecule has 0 aliphatic carbocycles. The van der Waals surface area contributed by atoms with Crippen molar-refractivity contribution in [2.45, 2.75) is 19.8 Å². The highest BCUT2D eigenvalue weighted by molar-refractivity contribution is 7.92. The summed E-state index contributed by atoms with van der Waals surface area (Å²) in [5.74, 6) is -0.778. The molecule has 0 radical (unpaired) electrons. The second-order valence-corrected chi connectivity index (χ2v) is 8.44. The van der Waals surface area contributed by atoms with Gasteiger partial charge in [-0.1, -0.05) is 23.7 Å². The molecule has 0 saturated carbocycles. The number of halogens is 1. The lowest BCUT2D eigenvalue weighted by atomic mass is 9.97. The lowest BCUT2D eigenvalue weighted by Crippen LogP contribution is -2.46. The molecule has 1 fully saturated rings. The van der Waals surface area contributed by atoms with Crippen molar-refractivity contribution in [1.29, 1.82) is 0 Å². The molecule has 0 unspecified atom stereocenters. The van der Waals surface area contributed by atoms with E-state index in [2.05, 4.69) is 0 Å². The second-order valence-electron chi connectivity index (χ2n) is 6.13. The van der Waals surface area contributed by atoms with Gasteiger partial charge in [-0.05, 0) is 31.9 Å². The van der Waals surface area contributed by atoms with Gasteiger partial charge in [0.05, 0.1) is 29.5 Å². The summed E-state index contributed by atoms with van der Waals surface area (Å²) >= 11 is 6.10. The number of amides is 1. The van der Waals surface area contributed by atoms with Crippen molar-refractivity contribution in [1.82, 2.24) is 4.90 Å². The molecule has 1 aromatic carbocycles. The van der Waals surface area contributed by atoms with Gasteiger partial charge in [-0.3, -0.25) is 13.9 Å². The van der Waals surface area contributed by atoms with Crippen molar-refractivity contribution in [2.24, 2.45) is 5.92 Å². The Labute approximate surface area is 158 Å². The van der Waals surface area contributed by atoms with Gasteiger partial charge >= 0.3 is 5.97 Å². The maximum atomic E-state index is 12.6. The van der Waals surface area contributed by atoms with E-state index in [0.29, 0.717) is 32.5 Å². The number of carbonyl (C=O) groups excluding carboxylic acids is 2. The third-order valence-electron chi connectivity index (χ3n) is 4.27. The van der Waals surface area contributed by atoms with Gasteiger partial charge in [0.1, 0.15) is 6.54 Å². The molecule has 7 nitrogen and oxygen atoms in total. The van der Waals surface area contributed by atoms with Crippen LogP contribution in [0.5, 0.6) is 0 Å². The molecular weight excluding hydrogens is 380 g/mol. The summed E-state index contributed by atoms with van der Waals surface area (Å²) in [7, 11) is -3.68. The van der Waals surface area contributed by atoms with Crippen LogP contribution in [0.4, 0.5) is 5.69 Å². The molecule has 1 aliphatic rings. The fraction of sp³-hybridized carbons (Fsp3) is 0.529. The lowest BCUT2D eigenvalue weighted by Gasteiger charge is -2.32. The number of piperidine rings is 1. The van der Waals surface area contributed by atoms with E-state index in [1.54, 1.807) is 36.1 Å². The van der Waals surface area contributed by atoms with Gasteiger partial charge in [-0.15, -0.1) is 0 Å². The maximum Gasteiger partial charge on any atom is 0.309 e. The number of esters is 1. The summed E-state index contributed by atoms with van der Waals surface area (Å²) < 4.78 is 30.3. The normalized spacial score (nSPS) is 15.6. The van der Waals surface area contributed by atoms with Crippen LogP contribution >= 0.6 is 11.6 Å². The number of rotatable bonds is 6. The first-order chi connectivity index (χ1) is 12.2. The minimum absolute atomic E-state index is 0.214. The van der Waals surface area contributed by atoms with Gasteiger partial charge < -0.3 is 9.64 Å². The molecule has 1 heterocycles. The van der Waals surface area contributed by atoms with E-state index in [9.17, 15) is 18.0 Å². The molecule has 1 aromatic rings. The number of likely N-dealkylation sites (tertiary alicyclic amines) is 1. The average Bonchev–Trinajstić information content (AvgIpc) is 2.59. The Kier molecular flexibility index (Phi) is 6.88. The summed E-state index contributed by atoms with van der Waals surface area (Å²) in [6.45, 7) is 2.54. The number of hydrogen-bond donors (Lipinski definition) is 0. The Hall–Kier alpha value is -1.80. The molecule has 9 heteroatoms. The zero-order valence-corrected chi connectivity index (χ0v) is 16.4. The highest BCUT2D eigenvalue weighted by Gasteiger charge is 2.30. The molecule has 26 heavy (non-hydrogen) atoms. The van der Waals surface area contributed by atoms with Crippen LogP contribution in [0.1, 0.15) is 19.8 Å². The molecule has 0 atom stereocenters. The third-order valence-corrected chi connectivity index (χ3v) is 5.71. The SMILES string of the molecule is CCOC(=O)C1CCN(C(=O)CN(c2ccccc2Cl)S(C)(=O)=O)CC1. The van der Waals surface area contributed by atoms with Crippen molar-refractivity contribution in [3.05, 3.63) is 29.3 Å². The summed E-state index contributed by atoms with van der Waals surface area (Å²) in [6, 6.07) is 6.48. The maximum absolute atomic E-state index is 12.6. The molecule has 2 rings (SSSR count). The van der Waals surface area contributed by atoms with Crippen molar-refractivity contribution >= 4 is 39.2 Å². The first-order valence-corrected chi connectivity index (χ1v) is 10.6. The van der Waals surface area contributed by atoms with E-state index in [1.165, 1.54) is 0 Å². The van der Waals surface area contributed by atoms with Gasteiger partial charge in [0.15, 0.2) is 0 Å². The van der Waals surface area contributed by atoms with Gasteiger partial charge in [0, 0.05) is 13.1 Å². The Morgan fingerprint density at radius 2 is 1.88 bits per heavy atom. The van der Waals surface area contributed by atoms with E-state index in [0.717, 1.165) is 10.6 Å². The Morgan fingerprint density at radius 1 is 1.27 bits per heavy atom. The van der Waals surface area contributed by atoms with Gasteiger partial charge in [-0.25, -0.2) is 8.42 Å². The van der Waals surface area contributed by atoms with Gasteiger partial charge in [0.25, 0.3) is 0 Å². The van der Waals surface area contributed by atoms with Crippen LogP contribution in [0.25, 0.3) is 0 Å². The van der Waals surface area contributed by atoms with Crippen LogP contribution in [0, 0.1) is 5.92 Å². The fourth-order valence-electron chi connectivity index (χ4n) is 2.88. The van der Waals surface area contributed by atoms with Crippen LogP contribution in [-0.4, -0.2) is 57.7 Å². The lowest BCUT2D eigenvalue weighted by molar-refractivity contribution is -0.151. The van der Waals surface area contributed by atoms with E-state index in [1.807, 2.05) is 0 Å². The van der Waals surface area contributed by atoms with Crippen LogP contribution in [0.3, 0.4) is 0 Å². The summed E-state index contributed by atoms with van der Waals surface area (Å²) in [4.78, 5) is 26.0. The number of nitrogens with zero attached hydrogens (tertiary/aromatic N) is 2. The van der Waals surface area contributed by atoms with Crippen molar-refractivity contribution in [3.8, 4) is 0 Å². The van der Waals surface area contributed by atoms with Gasteiger partial charge in [0.2, 0.25) is 15.9 Å². The predicted octanol–water partition coefficient (Wildman–Crippen LogP) is 1.91. The summed E-state index contributed by atoms with van der Waals surface area (Å²) in [6.07, 6.45) is 2.06. The Morgan fingerprint density at radius 3 is 2.42 bits per heavy atom. The van der Waals surface area contributed by atoms with Crippen LogP contribution in [0.15, 0.2) is 24.3 Å². The molecule has 0 spiro atoms. The van der Waals surface area contributed by atoms with E-state index in [-0.39, 0.29) is 35.0 Å². The van der Waals surface area contributed by atoms with E-state index >= 15 is 0 Å². The van der Waals surface area contributed by atoms with Crippen LogP contribution in [0.2, 0.25) is 5.02 Å². The Balaban J connectivity index is 2.05. The number of anilines is 1. The monoisotopic (exact) mass is 402 g/mol. The van der Waals surface area contributed by atoms with E-state index in [4.69, 9.17) is 16.3 Å². The number of hydrogen-bond acceptors (Lipinski definition) is 5. The van der Waals surface area contributed by atoms with Gasteiger partial charge in [-0.2, -0.15) is 0 Å². The zero-order valence-electron chi connectivity index (χ0n) is 14.9. The van der Waals surface area contributed by atoms with Crippen LogP contribution in [-0.2, 0) is 24.3 Å². The topological polar surface area (TPSA) is 84.0 Å². The average molecular weight is 403 g/mol. The molecular formula is C17H23ClN2O5S. The quantitative estimate of drug-likeness (QED) is 0.678. The first-order valence-electron chi connectivity index (χ1n) is 8.40. The standard InChI is InChI=1S/C17H23ClN2O5S/c1-3-25-17(22)13-8-10-19(11-9-13)16(21)12-20(26(2,23)24)15-7-5-4-6-14(15)18/h4-7,13H,3,8-12H2,1-2H3. The summed E-state index contributed by atoms with van der Waals surface area (Å²) in [5.41, 5.74) is 0.270. The largest absolute Gasteiger partial charge is 0.466 e. The third kappa shape index (κ3) is 5.11. The highest BCUT2D eigenvalue weighted by Crippen LogP contribution is 2.27. The first kappa shape index (κ1) is 20.5. The minimum atomic E-state index is -3.68. The molecule has 0 bridgehead atoms. The number of para-hydroxylation sites is 1. The number of carbonyl (C=O) groups is 2. The molecule has 1 saturated heterocycles. The number of benzene rings is 1. The highest BCUT2D eigenvalue weighted by atomic mass is 35.5. The fourth-order valence-corrected chi connectivity index (χ4v) is 4.03. The molecule has 1 amide bonds. The van der Waals surface area contributed by atoms with Crippen molar-refractivity contribution in [2.75, 3.05) is 36.8 Å². The molecule has 1 aliphatic heterocycles. The molecule has 144 valence electrons. The van der Waals surface area contributed by atoms with E-state index < -0.39 is 10.0 Å². The zero-order chi connectivity index (χ0) is 19.3. The number of ether oxygens (including phenoxy) is 1. The van der Waals surface area contributed by atoms with Crippen molar-refractivity contribution < 1.29 is 22.7 Å². The second kappa shape index (κ2) is 8.73. The molecule has 0 aromatic heterocycles. The van der Waals surface area contributed by atoms with Crippen LogP contribution < -0.4 is 4.31 Å². The van der Waals surface area contributed by atoms with Crippen molar-refractivity contribution in [3.63, 3.8) is 0 Å². The minimum Gasteiger partial charge on any atom is -0.466 e. The smallest absolute Gasteiger partial charge is 0.309 e. The number of sulfonamides is 1. The molecule has 0 N–H and O–H groups in total. The predicted molar refractivity (Wildman–Crippen MR) is 99.6 cm³/mol. The Bertz CT molecular complexity index is 760.